The van der Waals surface area contributed by atoms with E-state index in [0.29, 0.717) is 6.10 Å². The maximum absolute atomic E-state index is 6.16. The lowest BCUT2D eigenvalue weighted by molar-refractivity contribution is -0.0141. The van der Waals surface area contributed by atoms with Crippen molar-refractivity contribution in [1.29, 1.82) is 0 Å². The van der Waals surface area contributed by atoms with Gasteiger partial charge in [0, 0.05) is 32.7 Å². The average Bonchev–Trinajstić information content (AvgIpc) is 3.12. The topological polar surface area (TPSA) is 58.8 Å². The zero-order valence-electron chi connectivity index (χ0n) is 15.0. The second-order valence-corrected chi connectivity index (χ2v) is 7.32. The molecule has 0 N–H and O–H groups in total. The van der Waals surface area contributed by atoms with Gasteiger partial charge in [-0.05, 0) is 30.9 Å². The molecule has 25 heavy (non-hydrogen) atoms. The summed E-state index contributed by atoms with van der Waals surface area (Å²) in [6.07, 6.45) is 7.41. The normalized spacial score (nSPS) is 25.6. The molecule has 0 radical (unpaired) electrons. The Morgan fingerprint density at radius 3 is 2.80 bits per heavy atom. The number of fused-ring (bicyclic) bond motifs is 1. The third-order valence-electron chi connectivity index (χ3n) is 5.62. The molecule has 1 saturated heterocycles. The van der Waals surface area contributed by atoms with Crippen molar-refractivity contribution in [3.63, 3.8) is 0 Å². The molecular weight excluding hydrogens is 316 g/mol. The van der Waals surface area contributed by atoms with Crippen LogP contribution in [0.4, 0.5) is 5.82 Å². The molecule has 0 aromatic carbocycles. The predicted molar refractivity (Wildman–Crippen MR) is 96.8 cm³/mol. The van der Waals surface area contributed by atoms with Crippen LogP contribution in [0.15, 0.2) is 18.5 Å². The van der Waals surface area contributed by atoms with Gasteiger partial charge in [-0.3, -0.25) is 4.90 Å². The van der Waals surface area contributed by atoms with Crippen LogP contribution in [0.5, 0.6) is 0 Å². The van der Waals surface area contributed by atoms with E-state index in [1.807, 2.05) is 12.1 Å². The minimum atomic E-state index is 0.481. The van der Waals surface area contributed by atoms with Gasteiger partial charge in [0.1, 0.15) is 12.1 Å². The Kier molecular flexibility index (Phi) is 5.12. The SMILES string of the molecule is C[C@H]1CCCC[C@@H]1OCCN1CCN(c2ccc3nncn3n2)CC1. The second-order valence-electron chi connectivity index (χ2n) is 7.32. The molecule has 0 unspecified atom stereocenters. The number of hydrogen-bond acceptors (Lipinski definition) is 6. The first kappa shape index (κ1) is 16.7. The standard InChI is InChI=1S/C18H28N6O/c1-15-4-2-3-5-16(15)25-13-12-22-8-10-23(11-9-22)18-7-6-17-20-19-14-24(17)21-18/h6-7,14-16H,2-5,8-13H2,1H3/t15-,16-/m0/s1. The first-order chi connectivity index (χ1) is 12.3. The number of nitrogens with zero attached hydrogens (tertiary/aromatic N) is 6. The smallest absolute Gasteiger partial charge is 0.177 e. The molecule has 2 aliphatic rings. The Hall–Kier alpha value is -1.73. The molecule has 0 spiro atoms. The molecule has 4 rings (SSSR count). The lowest BCUT2D eigenvalue weighted by atomic mass is 9.88. The number of rotatable bonds is 5. The van der Waals surface area contributed by atoms with Crippen LogP contribution in [0, 0.1) is 5.92 Å². The van der Waals surface area contributed by atoms with E-state index in [-0.39, 0.29) is 0 Å². The van der Waals surface area contributed by atoms with E-state index in [1.165, 1.54) is 25.7 Å². The summed E-state index contributed by atoms with van der Waals surface area (Å²) < 4.78 is 7.90. The Labute approximate surface area is 149 Å². The van der Waals surface area contributed by atoms with Crippen molar-refractivity contribution < 1.29 is 4.74 Å². The summed E-state index contributed by atoms with van der Waals surface area (Å²) in [7, 11) is 0. The summed E-state index contributed by atoms with van der Waals surface area (Å²) in [6.45, 7) is 8.36. The largest absolute Gasteiger partial charge is 0.377 e. The van der Waals surface area contributed by atoms with Crippen LogP contribution in [-0.2, 0) is 4.74 Å². The van der Waals surface area contributed by atoms with Gasteiger partial charge in [-0.15, -0.1) is 15.3 Å². The molecule has 2 aromatic heterocycles. The van der Waals surface area contributed by atoms with Crippen LogP contribution in [0.1, 0.15) is 32.6 Å². The van der Waals surface area contributed by atoms with Crippen molar-refractivity contribution in [3.8, 4) is 0 Å². The maximum atomic E-state index is 6.16. The van der Waals surface area contributed by atoms with Gasteiger partial charge >= 0.3 is 0 Å². The summed E-state index contributed by atoms with van der Waals surface area (Å²) in [4.78, 5) is 4.83. The fourth-order valence-electron chi connectivity index (χ4n) is 3.95. The molecule has 1 aliphatic carbocycles. The second kappa shape index (κ2) is 7.66. The predicted octanol–water partition coefficient (Wildman–Crippen LogP) is 1.84. The van der Waals surface area contributed by atoms with Crippen LogP contribution in [0.3, 0.4) is 0 Å². The Morgan fingerprint density at radius 1 is 1.12 bits per heavy atom. The van der Waals surface area contributed by atoms with Gasteiger partial charge in [0.25, 0.3) is 0 Å². The molecular formula is C18H28N6O. The van der Waals surface area contributed by atoms with Crippen LogP contribution >= 0.6 is 0 Å². The van der Waals surface area contributed by atoms with Crippen molar-refractivity contribution in [2.45, 2.75) is 38.7 Å². The third-order valence-corrected chi connectivity index (χ3v) is 5.62. The molecule has 1 saturated carbocycles. The summed E-state index contributed by atoms with van der Waals surface area (Å²) in [5.41, 5.74) is 0.788. The first-order valence-electron chi connectivity index (χ1n) is 9.55. The van der Waals surface area contributed by atoms with Crippen molar-refractivity contribution >= 4 is 11.5 Å². The van der Waals surface area contributed by atoms with Crippen LogP contribution in [0.2, 0.25) is 0 Å². The molecule has 3 heterocycles. The van der Waals surface area contributed by atoms with Crippen molar-refractivity contribution in [1.82, 2.24) is 24.7 Å². The number of hydrogen-bond donors (Lipinski definition) is 0. The Balaban J connectivity index is 1.22. The highest BCUT2D eigenvalue weighted by Crippen LogP contribution is 2.26. The van der Waals surface area contributed by atoms with E-state index in [0.717, 1.165) is 56.7 Å². The van der Waals surface area contributed by atoms with Gasteiger partial charge in [-0.1, -0.05) is 19.8 Å². The molecule has 7 nitrogen and oxygen atoms in total. The molecule has 2 atom stereocenters. The minimum absolute atomic E-state index is 0.481. The summed E-state index contributed by atoms with van der Waals surface area (Å²) in [6, 6.07) is 4.01. The minimum Gasteiger partial charge on any atom is -0.377 e. The van der Waals surface area contributed by atoms with Crippen LogP contribution in [-0.4, -0.2) is 70.1 Å². The highest BCUT2D eigenvalue weighted by molar-refractivity contribution is 5.45. The van der Waals surface area contributed by atoms with E-state index in [2.05, 4.69) is 32.0 Å². The Bertz CT molecular complexity index is 681. The molecule has 0 bridgehead atoms. The number of anilines is 1. The van der Waals surface area contributed by atoms with Gasteiger partial charge < -0.3 is 9.64 Å². The van der Waals surface area contributed by atoms with Crippen molar-refractivity contribution in [2.24, 2.45) is 5.92 Å². The highest BCUT2D eigenvalue weighted by Gasteiger charge is 2.23. The maximum Gasteiger partial charge on any atom is 0.177 e. The zero-order chi connectivity index (χ0) is 17.1. The van der Waals surface area contributed by atoms with Gasteiger partial charge in [0.15, 0.2) is 5.65 Å². The number of ether oxygens (including phenoxy) is 1. The first-order valence-corrected chi connectivity index (χ1v) is 9.55. The number of aromatic nitrogens is 4. The van der Waals surface area contributed by atoms with E-state index >= 15 is 0 Å². The molecule has 136 valence electrons. The van der Waals surface area contributed by atoms with E-state index in [4.69, 9.17) is 4.74 Å². The van der Waals surface area contributed by atoms with E-state index in [9.17, 15) is 0 Å². The van der Waals surface area contributed by atoms with Crippen molar-refractivity contribution in [2.75, 3.05) is 44.2 Å². The number of piperazine rings is 1. The van der Waals surface area contributed by atoms with Gasteiger partial charge in [0.2, 0.25) is 0 Å². The fraction of sp³-hybridized carbons (Fsp3) is 0.722. The lowest BCUT2D eigenvalue weighted by Gasteiger charge is -2.36. The lowest BCUT2D eigenvalue weighted by Crippen LogP contribution is -2.48. The molecule has 7 heteroatoms. The van der Waals surface area contributed by atoms with Crippen LogP contribution < -0.4 is 4.90 Å². The summed E-state index contributed by atoms with van der Waals surface area (Å²) >= 11 is 0. The molecule has 2 aromatic rings. The molecule has 2 fully saturated rings. The fourth-order valence-corrected chi connectivity index (χ4v) is 3.95. The van der Waals surface area contributed by atoms with Gasteiger partial charge in [-0.25, -0.2) is 0 Å². The quantitative estimate of drug-likeness (QED) is 0.825. The van der Waals surface area contributed by atoms with Crippen molar-refractivity contribution in [3.05, 3.63) is 18.5 Å². The van der Waals surface area contributed by atoms with Crippen LogP contribution in [0.25, 0.3) is 5.65 Å². The zero-order valence-corrected chi connectivity index (χ0v) is 15.0. The summed E-state index contributed by atoms with van der Waals surface area (Å²) in [5, 5.41) is 12.5. The monoisotopic (exact) mass is 344 g/mol. The van der Waals surface area contributed by atoms with E-state index < -0.39 is 0 Å². The van der Waals surface area contributed by atoms with E-state index in [1.54, 1.807) is 10.8 Å². The molecule has 1 aliphatic heterocycles. The van der Waals surface area contributed by atoms with Gasteiger partial charge in [-0.2, -0.15) is 4.52 Å². The Morgan fingerprint density at radius 2 is 1.96 bits per heavy atom. The highest BCUT2D eigenvalue weighted by atomic mass is 16.5. The third kappa shape index (κ3) is 3.93. The summed E-state index contributed by atoms with van der Waals surface area (Å²) in [5.74, 6) is 1.73. The van der Waals surface area contributed by atoms with Gasteiger partial charge in [0.05, 0.1) is 12.7 Å². The molecule has 0 amide bonds. The average molecular weight is 344 g/mol.